The van der Waals surface area contributed by atoms with Crippen LogP contribution in [0.15, 0.2) is 10.6 Å². The second-order valence-electron chi connectivity index (χ2n) is 2.33. The van der Waals surface area contributed by atoms with E-state index in [4.69, 9.17) is 0 Å². The fourth-order valence-corrected chi connectivity index (χ4v) is 2.15. The Bertz CT molecular complexity index is 140. The number of nitrogens with zero attached hydrogens (tertiary/aromatic N) is 1. The zero-order valence-corrected chi connectivity index (χ0v) is 7.09. The van der Waals surface area contributed by atoms with Gasteiger partial charge in [0, 0.05) is 17.6 Å². The summed E-state index contributed by atoms with van der Waals surface area (Å²) in [7, 11) is 2.16. The van der Waals surface area contributed by atoms with Gasteiger partial charge in [0.25, 0.3) is 0 Å². The van der Waals surface area contributed by atoms with Crippen LogP contribution in [0.1, 0.15) is 20.3 Å². The third-order valence-corrected chi connectivity index (χ3v) is 2.86. The molecule has 0 atom stereocenters. The molecule has 0 unspecified atom stereocenters. The summed E-state index contributed by atoms with van der Waals surface area (Å²) in [5, 5.41) is 0. The van der Waals surface area contributed by atoms with Gasteiger partial charge < -0.3 is 4.90 Å². The standard InChI is InChI=1S/C7H13NS/c1-4-7-6(2)9-5-8(7)3/h4-5H2,1-3H3. The Kier molecular flexibility index (Phi) is 2.06. The maximum Gasteiger partial charge on any atom is 0.0677 e. The topological polar surface area (TPSA) is 3.24 Å². The van der Waals surface area contributed by atoms with E-state index in [2.05, 4.69) is 25.8 Å². The van der Waals surface area contributed by atoms with Crippen molar-refractivity contribution >= 4 is 11.8 Å². The van der Waals surface area contributed by atoms with Gasteiger partial charge in [-0.3, -0.25) is 0 Å². The molecule has 0 amide bonds. The molecule has 0 fully saturated rings. The first kappa shape index (κ1) is 7.00. The Hall–Kier alpha value is -0.110. The average molecular weight is 143 g/mol. The van der Waals surface area contributed by atoms with Crippen LogP contribution >= 0.6 is 11.8 Å². The van der Waals surface area contributed by atoms with E-state index in [1.165, 1.54) is 17.0 Å². The van der Waals surface area contributed by atoms with Crippen molar-refractivity contribution in [3.63, 3.8) is 0 Å². The molecule has 0 aromatic heterocycles. The first-order chi connectivity index (χ1) is 4.25. The van der Waals surface area contributed by atoms with E-state index in [1.807, 2.05) is 11.8 Å². The number of thioether (sulfide) groups is 1. The van der Waals surface area contributed by atoms with Crippen LogP contribution < -0.4 is 0 Å². The molecule has 1 aliphatic rings. The summed E-state index contributed by atoms with van der Waals surface area (Å²) in [6.45, 7) is 4.41. The highest BCUT2D eigenvalue weighted by Crippen LogP contribution is 2.31. The molecule has 1 aliphatic heterocycles. The smallest absolute Gasteiger partial charge is 0.0677 e. The van der Waals surface area contributed by atoms with Crippen molar-refractivity contribution in [2.24, 2.45) is 0 Å². The third-order valence-electron chi connectivity index (χ3n) is 1.68. The molecule has 0 radical (unpaired) electrons. The molecular formula is C7H13NS. The summed E-state index contributed by atoms with van der Waals surface area (Å²) in [5.74, 6) is 1.15. The van der Waals surface area contributed by atoms with Gasteiger partial charge in [0.2, 0.25) is 0 Å². The summed E-state index contributed by atoms with van der Waals surface area (Å²) in [5.41, 5.74) is 1.51. The van der Waals surface area contributed by atoms with Crippen LogP contribution in [0, 0.1) is 0 Å². The Labute approximate surface area is 61.1 Å². The van der Waals surface area contributed by atoms with Crippen LogP contribution in [-0.2, 0) is 0 Å². The molecule has 0 aliphatic carbocycles. The van der Waals surface area contributed by atoms with Crippen LogP contribution in [0.25, 0.3) is 0 Å². The van der Waals surface area contributed by atoms with Gasteiger partial charge in [-0.1, -0.05) is 6.92 Å². The summed E-state index contributed by atoms with van der Waals surface area (Å²) >= 11 is 1.94. The minimum atomic E-state index is 1.15. The number of hydrogen-bond donors (Lipinski definition) is 0. The van der Waals surface area contributed by atoms with Gasteiger partial charge in [0.05, 0.1) is 5.88 Å². The lowest BCUT2D eigenvalue weighted by molar-refractivity contribution is 0.484. The van der Waals surface area contributed by atoms with Crippen molar-refractivity contribution in [1.29, 1.82) is 0 Å². The van der Waals surface area contributed by atoms with E-state index in [0.29, 0.717) is 0 Å². The summed E-state index contributed by atoms with van der Waals surface area (Å²) in [6, 6.07) is 0. The molecule has 0 bridgehead atoms. The molecule has 0 N–H and O–H groups in total. The molecule has 0 spiro atoms. The predicted octanol–water partition coefficient (Wildman–Crippen LogP) is 2.26. The van der Waals surface area contributed by atoms with Gasteiger partial charge in [0.1, 0.15) is 0 Å². The molecule has 0 aromatic rings. The zero-order valence-electron chi connectivity index (χ0n) is 6.27. The molecule has 1 rings (SSSR count). The van der Waals surface area contributed by atoms with E-state index in [-0.39, 0.29) is 0 Å². The predicted molar refractivity (Wildman–Crippen MR) is 43.2 cm³/mol. The normalized spacial score (nSPS) is 19.7. The van der Waals surface area contributed by atoms with E-state index in [0.717, 1.165) is 5.88 Å². The molecular weight excluding hydrogens is 130 g/mol. The first-order valence-corrected chi connectivity index (χ1v) is 4.28. The van der Waals surface area contributed by atoms with Crippen LogP contribution in [0.3, 0.4) is 0 Å². The second kappa shape index (κ2) is 2.65. The number of hydrogen-bond acceptors (Lipinski definition) is 2. The lowest BCUT2D eigenvalue weighted by Crippen LogP contribution is -2.11. The molecule has 1 nitrogen and oxygen atoms in total. The van der Waals surface area contributed by atoms with Crippen LogP contribution in [0.2, 0.25) is 0 Å². The van der Waals surface area contributed by atoms with Gasteiger partial charge >= 0.3 is 0 Å². The summed E-state index contributed by atoms with van der Waals surface area (Å²) in [4.78, 5) is 3.82. The third kappa shape index (κ3) is 1.23. The van der Waals surface area contributed by atoms with E-state index in [9.17, 15) is 0 Å². The van der Waals surface area contributed by atoms with Gasteiger partial charge in [-0.2, -0.15) is 0 Å². The molecule has 52 valence electrons. The highest BCUT2D eigenvalue weighted by molar-refractivity contribution is 8.03. The van der Waals surface area contributed by atoms with Gasteiger partial charge in [-0.25, -0.2) is 0 Å². The summed E-state index contributed by atoms with van der Waals surface area (Å²) in [6.07, 6.45) is 1.18. The van der Waals surface area contributed by atoms with E-state index >= 15 is 0 Å². The minimum absolute atomic E-state index is 1.15. The number of allylic oxidation sites excluding steroid dienone is 2. The van der Waals surface area contributed by atoms with Gasteiger partial charge in [0.15, 0.2) is 0 Å². The van der Waals surface area contributed by atoms with E-state index < -0.39 is 0 Å². The lowest BCUT2D eigenvalue weighted by Gasteiger charge is -2.12. The highest BCUT2D eigenvalue weighted by atomic mass is 32.2. The monoisotopic (exact) mass is 143 g/mol. The molecule has 9 heavy (non-hydrogen) atoms. The molecule has 0 saturated carbocycles. The average Bonchev–Trinajstić information content (AvgIpc) is 2.12. The minimum Gasteiger partial charge on any atom is -0.368 e. The largest absolute Gasteiger partial charge is 0.368 e. The van der Waals surface area contributed by atoms with Crippen molar-refractivity contribution < 1.29 is 0 Å². The Balaban J connectivity index is 2.69. The SMILES string of the molecule is CCC1=C(C)SCN1C. The van der Waals surface area contributed by atoms with Crippen molar-refractivity contribution in [2.75, 3.05) is 12.9 Å². The molecule has 0 aromatic carbocycles. The van der Waals surface area contributed by atoms with Crippen LogP contribution in [-0.4, -0.2) is 17.8 Å². The molecule has 1 heterocycles. The Morgan fingerprint density at radius 2 is 2.33 bits per heavy atom. The first-order valence-electron chi connectivity index (χ1n) is 3.29. The summed E-state index contributed by atoms with van der Waals surface area (Å²) < 4.78 is 0. The Morgan fingerprint density at radius 3 is 2.56 bits per heavy atom. The van der Waals surface area contributed by atoms with Crippen molar-refractivity contribution in [3.8, 4) is 0 Å². The van der Waals surface area contributed by atoms with Crippen molar-refractivity contribution in [1.82, 2.24) is 4.90 Å². The second-order valence-corrected chi connectivity index (χ2v) is 3.49. The van der Waals surface area contributed by atoms with Gasteiger partial charge in [-0.15, -0.1) is 11.8 Å². The quantitative estimate of drug-likeness (QED) is 0.554. The maximum atomic E-state index is 2.32. The highest BCUT2D eigenvalue weighted by Gasteiger charge is 2.13. The fraction of sp³-hybridized carbons (Fsp3) is 0.714. The van der Waals surface area contributed by atoms with Crippen LogP contribution in [0.5, 0.6) is 0 Å². The molecule has 0 saturated heterocycles. The van der Waals surface area contributed by atoms with Gasteiger partial charge in [-0.05, 0) is 13.3 Å². The lowest BCUT2D eigenvalue weighted by atomic mass is 10.3. The van der Waals surface area contributed by atoms with Crippen LogP contribution in [0.4, 0.5) is 0 Å². The van der Waals surface area contributed by atoms with Crippen molar-refractivity contribution in [2.45, 2.75) is 20.3 Å². The zero-order chi connectivity index (χ0) is 6.85. The fourth-order valence-electron chi connectivity index (χ4n) is 1.14. The Morgan fingerprint density at radius 1 is 1.67 bits per heavy atom. The maximum absolute atomic E-state index is 2.32. The van der Waals surface area contributed by atoms with Crippen molar-refractivity contribution in [3.05, 3.63) is 10.6 Å². The number of rotatable bonds is 1. The van der Waals surface area contributed by atoms with E-state index in [1.54, 1.807) is 0 Å². The molecule has 2 heteroatoms.